The van der Waals surface area contributed by atoms with Crippen LogP contribution in [0.1, 0.15) is 22.8 Å². The lowest BCUT2D eigenvalue weighted by Gasteiger charge is -2.35. The number of ether oxygens (including phenoxy) is 2. The van der Waals surface area contributed by atoms with Crippen molar-refractivity contribution in [2.24, 2.45) is 0 Å². The highest BCUT2D eigenvalue weighted by Gasteiger charge is 2.25. The van der Waals surface area contributed by atoms with E-state index in [0.29, 0.717) is 37.2 Å². The monoisotopic (exact) mass is 409 g/mol. The number of oxazole rings is 1. The zero-order valence-electron chi connectivity index (χ0n) is 16.8. The van der Waals surface area contributed by atoms with Gasteiger partial charge in [-0.1, -0.05) is 0 Å². The summed E-state index contributed by atoms with van der Waals surface area (Å²) < 4.78 is 16.6. The first-order chi connectivity index (χ1) is 14.7. The van der Waals surface area contributed by atoms with Crippen LogP contribution in [0.3, 0.4) is 0 Å². The average Bonchev–Trinajstić information content (AvgIpc) is 3.45. The maximum Gasteiger partial charge on any atom is 0.275 e. The molecule has 0 saturated carbocycles. The van der Waals surface area contributed by atoms with Gasteiger partial charge in [0.15, 0.2) is 11.6 Å². The van der Waals surface area contributed by atoms with Crippen molar-refractivity contribution in [2.75, 3.05) is 44.3 Å². The lowest BCUT2D eigenvalue weighted by atomic mass is 10.1. The smallest absolute Gasteiger partial charge is 0.275 e. The Bertz CT molecular complexity index is 1050. The third kappa shape index (κ3) is 3.68. The molecule has 2 saturated heterocycles. The molecular formula is C21H23N5O4. The van der Waals surface area contributed by atoms with Gasteiger partial charge in [0, 0.05) is 45.2 Å². The largest absolute Gasteiger partial charge is 0.471 e. The molecule has 156 valence electrons. The molecule has 2 fully saturated rings. The van der Waals surface area contributed by atoms with Crippen molar-refractivity contribution in [3.63, 3.8) is 0 Å². The predicted molar refractivity (Wildman–Crippen MR) is 109 cm³/mol. The van der Waals surface area contributed by atoms with Crippen LogP contribution in [0.2, 0.25) is 0 Å². The lowest BCUT2D eigenvalue weighted by molar-refractivity contribution is 0.0741. The average molecular weight is 409 g/mol. The number of rotatable bonds is 4. The highest BCUT2D eigenvalue weighted by atomic mass is 16.5. The molecule has 1 aromatic carbocycles. The maximum atomic E-state index is 12.6. The number of carbonyl (C=O) groups is 1. The normalized spacial score (nSPS) is 19.4. The topological polar surface area (TPSA) is 93.8 Å². The predicted octanol–water partition coefficient (Wildman–Crippen LogP) is 2.06. The molecule has 9 heteroatoms. The van der Waals surface area contributed by atoms with Crippen LogP contribution in [0.4, 0.5) is 5.69 Å². The van der Waals surface area contributed by atoms with Crippen molar-refractivity contribution >= 4 is 22.5 Å². The summed E-state index contributed by atoms with van der Waals surface area (Å²) in [5.41, 5.74) is 2.27. The molecule has 0 aliphatic carbocycles. The number of nitrogens with zero attached hydrogens (tertiary/aromatic N) is 5. The SMILES string of the molecule is Cc1nc(C(=O)N2CCN(c3ccc4ncnc(OC5CCOC5)c4c3)CC2)co1. The van der Waals surface area contributed by atoms with Gasteiger partial charge in [-0.2, -0.15) is 0 Å². The minimum absolute atomic E-state index is 0.0291. The molecule has 2 aliphatic rings. The first-order valence-corrected chi connectivity index (χ1v) is 10.1. The number of fused-ring (bicyclic) bond motifs is 1. The molecule has 4 heterocycles. The standard InChI is InChI=1S/C21H23N5O4/c1-14-24-19(12-29-14)21(27)26-7-5-25(6-8-26)15-2-3-18-17(10-15)20(23-13-22-18)30-16-4-9-28-11-16/h2-3,10,12-13,16H,4-9,11H2,1H3. The highest BCUT2D eigenvalue weighted by molar-refractivity contribution is 5.92. The van der Waals surface area contributed by atoms with E-state index < -0.39 is 0 Å². The highest BCUT2D eigenvalue weighted by Crippen LogP contribution is 2.29. The van der Waals surface area contributed by atoms with Crippen molar-refractivity contribution in [1.82, 2.24) is 19.9 Å². The third-order valence-corrected chi connectivity index (χ3v) is 5.52. The fourth-order valence-corrected chi connectivity index (χ4v) is 3.87. The Kier molecular flexibility index (Phi) is 4.96. The van der Waals surface area contributed by atoms with Gasteiger partial charge in [-0.3, -0.25) is 4.79 Å². The minimum Gasteiger partial charge on any atom is -0.471 e. The molecule has 2 aromatic heterocycles. The number of anilines is 1. The summed E-state index contributed by atoms with van der Waals surface area (Å²) in [6, 6.07) is 6.11. The summed E-state index contributed by atoms with van der Waals surface area (Å²) in [4.78, 5) is 29.5. The Morgan fingerprint density at radius 2 is 2.07 bits per heavy atom. The molecule has 30 heavy (non-hydrogen) atoms. The first-order valence-electron chi connectivity index (χ1n) is 10.1. The third-order valence-electron chi connectivity index (χ3n) is 5.52. The number of piperazine rings is 1. The molecule has 0 spiro atoms. The second-order valence-corrected chi connectivity index (χ2v) is 7.51. The van der Waals surface area contributed by atoms with Gasteiger partial charge in [0.2, 0.25) is 5.88 Å². The Balaban J connectivity index is 1.31. The van der Waals surface area contributed by atoms with Crippen molar-refractivity contribution < 1.29 is 18.7 Å². The molecular weight excluding hydrogens is 386 g/mol. The van der Waals surface area contributed by atoms with E-state index in [-0.39, 0.29) is 12.0 Å². The van der Waals surface area contributed by atoms with E-state index in [0.717, 1.165) is 42.7 Å². The number of hydrogen-bond acceptors (Lipinski definition) is 8. The van der Waals surface area contributed by atoms with Crippen LogP contribution < -0.4 is 9.64 Å². The van der Waals surface area contributed by atoms with Gasteiger partial charge < -0.3 is 23.7 Å². The van der Waals surface area contributed by atoms with Gasteiger partial charge in [0.1, 0.15) is 18.7 Å². The number of aromatic nitrogens is 3. The summed E-state index contributed by atoms with van der Waals surface area (Å²) in [5.74, 6) is 0.998. The van der Waals surface area contributed by atoms with Gasteiger partial charge in [0.05, 0.1) is 24.1 Å². The van der Waals surface area contributed by atoms with E-state index in [1.807, 2.05) is 11.0 Å². The minimum atomic E-state index is -0.0899. The van der Waals surface area contributed by atoms with Gasteiger partial charge in [-0.15, -0.1) is 0 Å². The van der Waals surface area contributed by atoms with Crippen LogP contribution in [-0.2, 0) is 4.74 Å². The molecule has 0 N–H and O–H groups in total. The zero-order valence-corrected chi connectivity index (χ0v) is 16.8. The van der Waals surface area contributed by atoms with E-state index in [1.165, 1.54) is 12.6 Å². The first kappa shape index (κ1) is 18.8. The second-order valence-electron chi connectivity index (χ2n) is 7.51. The molecule has 9 nitrogen and oxygen atoms in total. The summed E-state index contributed by atoms with van der Waals surface area (Å²) in [6.45, 7) is 5.74. The lowest BCUT2D eigenvalue weighted by Crippen LogP contribution is -2.48. The summed E-state index contributed by atoms with van der Waals surface area (Å²) >= 11 is 0. The molecule has 5 rings (SSSR count). The number of hydrogen-bond donors (Lipinski definition) is 0. The summed E-state index contributed by atoms with van der Waals surface area (Å²) in [7, 11) is 0. The molecule has 0 bridgehead atoms. The second kappa shape index (κ2) is 7.91. The molecule has 2 aliphatic heterocycles. The van der Waals surface area contributed by atoms with Gasteiger partial charge in [-0.05, 0) is 18.2 Å². The molecule has 1 unspecified atom stereocenters. The van der Waals surface area contributed by atoms with Crippen LogP contribution in [0.15, 0.2) is 35.2 Å². The van der Waals surface area contributed by atoms with Crippen LogP contribution in [-0.4, -0.2) is 71.3 Å². The van der Waals surface area contributed by atoms with Gasteiger partial charge in [-0.25, -0.2) is 15.0 Å². The Hall–Kier alpha value is -3.20. The maximum absolute atomic E-state index is 12.6. The number of benzene rings is 1. The van der Waals surface area contributed by atoms with E-state index in [2.05, 4.69) is 32.0 Å². The van der Waals surface area contributed by atoms with Crippen LogP contribution >= 0.6 is 0 Å². The van der Waals surface area contributed by atoms with Gasteiger partial charge in [0.25, 0.3) is 5.91 Å². The Labute approximate surface area is 173 Å². The quantitative estimate of drug-likeness (QED) is 0.646. The molecule has 1 atom stereocenters. The Morgan fingerprint density at radius 3 is 2.80 bits per heavy atom. The van der Waals surface area contributed by atoms with E-state index in [4.69, 9.17) is 13.9 Å². The molecule has 3 aromatic rings. The number of amides is 1. The van der Waals surface area contributed by atoms with Crippen LogP contribution in [0.5, 0.6) is 5.88 Å². The van der Waals surface area contributed by atoms with Crippen molar-refractivity contribution in [1.29, 1.82) is 0 Å². The van der Waals surface area contributed by atoms with E-state index >= 15 is 0 Å². The van der Waals surface area contributed by atoms with Crippen molar-refractivity contribution in [2.45, 2.75) is 19.4 Å². The van der Waals surface area contributed by atoms with Crippen LogP contribution in [0.25, 0.3) is 10.9 Å². The zero-order chi connectivity index (χ0) is 20.5. The molecule has 0 radical (unpaired) electrons. The van der Waals surface area contributed by atoms with E-state index in [9.17, 15) is 4.79 Å². The van der Waals surface area contributed by atoms with Crippen molar-refractivity contribution in [3.8, 4) is 5.88 Å². The number of carbonyl (C=O) groups excluding carboxylic acids is 1. The molecule has 1 amide bonds. The van der Waals surface area contributed by atoms with E-state index in [1.54, 1.807) is 6.92 Å². The van der Waals surface area contributed by atoms with Crippen LogP contribution in [0, 0.1) is 6.92 Å². The fraction of sp³-hybridized carbons (Fsp3) is 0.429. The van der Waals surface area contributed by atoms with Gasteiger partial charge >= 0.3 is 0 Å². The van der Waals surface area contributed by atoms with Crippen molar-refractivity contribution in [3.05, 3.63) is 42.4 Å². The summed E-state index contributed by atoms with van der Waals surface area (Å²) in [5, 5.41) is 0.887. The Morgan fingerprint density at radius 1 is 1.20 bits per heavy atom. The fourth-order valence-electron chi connectivity index (χ4n) is 3.87. The summed E-state index contributed by atoms with van der Waals surface area (Å²) in [6.07, 6.45) is 3.85. The number of aryl methyl sites for hydroxylation is 1.